The molecular weight excluding hydrogens is 238 g/mol. The first-order chi connectivity index (χ1) is 8.22. The second-order valence-electron chi connectivity index (χ2n) is 3.50. The molecule has 0 bridgehead atoms. The Morgan fingerprint density at radius 3 is 3.12 bits per heavy atom. The summed E-state index contributed by atoms with van der Waals surface area (Å²) in [6.45, 7) is 2.37. The minimum atomic E-state index is -0.253. The molecule has 0 saturated carbocycles. The van der Waals surface area contributed by atoms with Crippen molar-refractivity contribution >= 4 is 33.3 Å². The maximum atomic E-state index is 11.4. The topological polar surface area (TPSA) is 55.3 Å². The van der Waals surface area contributed by atoms with E-state index in [-0.39, 0.29) is 12.5 Å². The number of hydrogen-bond acceptors (Lipinski definition) is 6. The van der Waals surface area contributed by atoms with E-state index in [4.69, 9.17) is 4.74 Å². The summed E-state index contributed by atoms with van der Waals surface area (Å²) in [5, 5.41) is 2.92. The van der Waals surface area contributed by atoms with Crippen LogP contribution >= 0.6 is 11.3 Å². The van der Waals surface area contributed by atoms with E-state index >= 15 is 0 Å². The van der Waals surface area contributed by atoms with Gasteiger partial charge in [0.05, 0.1) is 12.0 Å². The standard InChI is InChI=1S/C11H13N3O2S/c1-3-16-9(15)6-14(2)10-8-4-5-17-11(8)13-7-12-10/h4-5,7H,3,6H2,1-2H3. The normalized spacial score (nSPS) is 10.5. The summed E-state index contributed by atoms with van der Waals surface area (Å²) in [7, 11) is 1.82. The quantitative estimate of drug-likeness (QED) is 0.774. The van der Waals surface area contributed by atoms with Crippen molar-refractivity contribution in [2.75, 3.05) is 25.1 Å². The van der Waals surface area contributed by atoms with Crippen LogP contribution in [0.5, 0.6) is 0 Å². The summed E-state index contributed by atoms with van der Waals surface area (Å²) >= 11 is 1.55. The first kappa shape index (κ1) is 11.8. The molecule has 0 atom stereocenters. The molecule has 0 fully saturated rings. The van der Waals surface area contributed by atoms with E-state index in [9.17, 15) is 4.79 Å². The number of hydrogen-bond donors (Lipinski definition) is 0. The zero-order chi connectivity index (χ0) is 12.3. The van der Waals surface area contributed by atoms with Crippen LogP contribution in [-0.2, 0) is 9.53 Å². The number of likely N-dealkylation sites (N-methyl/N-ethyl adjacent to an activating group) is 1. The number of thiophene rings is 1. The van der Waals surface area contributed by atoms with Gasteiger partial charge in [-0.25, -0.2) is 9.97 Å². The largest absolute Gasteiger partial charge is 0.465 e. The smallest absolute Gasteiger partial charge is 0.325 e. The van der Waals surface area contributed by atoms with Crippen molar-refractivity contribution in [2.45, 2.75) is 6.92 Å². The number of carbonyl (C=O) groups excluding carboxylic acids is 1. The molecule has 0 aliphatic heterocycles. The number of carbonyl (C=O) groups is 1. The van der Waals surface area contributed by atoms with Gasteiger partial charge in [-0.3, -0.25) is 4.79 Å². The number of fused-ring (bicyclic) bond motifs is 1. The Hall–Kier alpha value is -1.69. The summed E-state index contributed by atoms with van der Waals surface area (Å²) < 4.78 is 4.91. The Morgan fingerprint density at radius 1 is 1.53 bits per heavy atom. The molecule has 0 aliphatic rings. The number of aromatic nitrogens is 2. The Morgan fingerprint density at radius 2 is 2.35 bits per heavy atom. The van der Waals surface area contributed by atoms with Gasteiger partial charge in [0, 0.05) is 7.05 Å². The molecule has 6 heteroatoms. The van der Waals surface area contributed by atoms with Crippen LogP contribution in [0.25, 0.3) is 10.2 Å². The average Bonchev–Trinajstić information content (AvgIpc) is 2.76. The highest BCUT2D eigenvalue weighted by Crippen LogP contribution is 2.25. The van der Waals surface area contributed by atoms with Gasteiger partial charge < -0.3 is 9.64 Å². The predicted molar refractivity (Wildman–Crippen MR) is 67.3 cm³/mol. The summed E-state index contributed by atoms with van der Waals surface area (Å²) in [5.41, 5.74) is 0. The zero-order valence-electron chi connectivity index (χ0n) is 9.71. The van der Waals surface area contributed by atoms with Gasteiger partial charge in [0.25, 0.3) is 0 Å². The Kier molecular flexibility index (Phi) is 3.53. The maximum Gasteiger partial charge on any atom is 0.325 e. The first-order valence-corrected chi connectivity index (χ1v) is 6.15. The van der Waals surface area contributed by atoms with Crippen LogP contribution in [0.1, 0.15) is 6.92 Å². The van der Waals surface area contributed by atoms with Crippen molar-refractivity contribution in [3.8, 4) is 0 Å². The number of anilines is 1. The summed E-state index contributed by atoms with van der Waals surface area (Å²) in [4.78, 5) is 22.5. The van der Waals surface area contributed by atoms with Crippen LogP contribution in [0, 0.1) is 0 Å². The lowest BCUT2D eigenvalue weighted by Crippen LogP contribution is -2.27. The van der Waals surface area contributed by atoms with Crippen LogP contribution in [0.15, 0.2) is 17.8 Å². The number of nitrogens with zero attached hydrogens (tertiary/aromatic N) is 3. The van der Waals surface area contributed by atoms with Crippen molar-refractivity contribution in [2.24, 2.45) is 0 Å². The molecule has 0 spiro atoms. The van der Waals surface area contributed by atoms with E-state index < -0.39 is 0 Å². The van der Waals surface area contributed by atoms with E-state index in [2.05, 4.69) is 9.97 Å². The van der Waals surface area contributed by atoms with Gasteiger partial charge in [-0.05, 0) is 18.4 Å². The minimum Gasteiger partial charge on any atom is -0.465 e. The molecule has 2 rings (SSSR count). The van der Waals surface area contributed by atoms with E-state index in [1.807, 2.05) is 18.5 Å². The van der Waals surface area contributed by atoms with Gasteiger partial charge in [0.1, 0.15) is 23.5 Å². The summed E-state index contributed by atoms with van der Waals surface area (Å²) in [6, 6.07) is 1.96. The van der Waals surface area contributed by atoms with E-state index in [0.29, 0.717) is 6.61 Å². The minimum absolute atomic E-state index is 0.190. The molecule has 0 saturated heterocycles. The fraction of sp³-hybridized carbons (Fsp3) is 0.364. The highest BCUT2D eigenvalue weighted by Gasteiger charge is 2.13. The van der Waals surface area contributed by atoms with Crippen LogP contribution in [0.4, 0.5) is 5.82 Å². The zero-order valence-corrected chi connectivity index (χ0v) is 10.5. The number of rotatable bonds is 4. The summed E-state index contributed by atoms with van der Waals surface area (Å²) in [5.74, 6) is 0.501. The second-order valence-corrected chi connectivity index (χ2v) is 4.39. The van der Waals surface area contributed by atoms with Crippen molar-refractivity contribution < 1.29 is 9.53 Å². The molecular formula is C11H13N3O2S. The third-order valence-corrected chi connectivity index (χ3v) is 3.09. The lowest BCUT2D eigenvalue weighted by molar-refractivity contribution is -0.141. The van der Waals surface area contributed by atoms with Gasteiger partial charge in [-0.1, -0.05) is 0 Å². The molecule has 0 radical (unpaired) electrons. The van der Waals surface area contributed by atoms with Crippen LogP contribution in [-0.4, -0.2) is 36.1 Å². The molecule has 90 valence electrons. The lowest BCUT2D eigenvalue weighted by atomic mass is 10.3. The van der Waals surface area contributed by atoms with Gasteiger partial charge >= 0.3 is 5.97 Å². The monoisotopic (exact) mass is 251 g/mol. The second kappa shape index (κ2) is 5.09. The molecule has 0 N–H and O–H groups in total. The third-order valence-electron chi connectivity index (χ3n) is 2.27. The van der Waals surface area contributed by atoms with E-state index in [0.717, 1.165) is 16.0 Å². The van der Waals surface area contributed by atoms with Gasteiger partial charge in [-0.2, -0.15) is 0 Å². The molecule has 0 aliphatic carbocycles. The molecule has 17 heavy (non-hydrogen) atoms. The third kappa shape index (κ3) is 2.52. The molecule has 2 heterocycles. The fourth-order valence-corrected chi connectivity index (χ4v) is 2.28. The van der Waals surface area contributed by atoms with E-state index in [1.54, 1.807) is 23.2 Å². The van der Waals surface area contributed by atoms with Gasteiger partial charge in [0.2, 0.25) is 0 Å². The van der Waals surface area contributed by atoms with Crippen LogP contribution in [0.3, 0.4) is 0 Å². The summed E-state index contributed by atoms with van der Waals surface area (Å²) in [6.07, 6.45) is 1.51. The molecule has 2 aromatic heterocycles. The Balaban J connectivity index is 2.21. The average molecular weight is 251 g/mol. The van der Waals surface area contributed by atoms with Gasteiger partial charge in [0.15, 0.2) is 0 Å². The lowest BCUT2D eigenvalue weighted by Gasteiger charge is -2.17. The highest BCUT2D eigenvalue weighted by molar-refractivity contribution is 7.16. The van der Waals surface area contributed by atoms with Crippen molar-refractivity contribution in [1.82, 2.24) is 9.97 Å². The van der Waals surface area contributed by atoms with Crippen LogP contribution in [0.2, 0.25) is 0 Å². The fourth-order valence-electron chi connectivity index (χ4n) is 1.56. The number of esters is 1. The molecule has 0 unspecified atom stereocenters. The first-order valence-electron chi connectivity index (χ1n) is 5.27. The molecule has 5 nitrogen and oxygen atoms in total. The number of ether oxygens (including phenoxy) is 1. The molecule has 2 aromatic rings. The molecule has 0 amide bonds. The highest BCUT2D eigenvalue weighted by atomic mass is 32.1. The van der Waals surface area contributed by atoms with Crippen LogP contribution < -0.4 is 4.90 Å². The SMILES string of the molecule is CCOC(=O)CN(C)c1ncnc2sccc12. The van der Waals surface area contributed by atoms with E-state index in [1.165, 1.54) is 6.33 Å². The maximum absolute atomic E-state index is 11.4. The van der Waals surface area contributed by atoms with Crippen molar-refractivity contribution in [3.63, 3.8) is 0 Å². The van der Waals surface area contributed by atoms with Gasteiger partial charge in [-0.15, -0.1) is 11.3 Å². The van der Waals surface area contributed by atoms with Crippen molar-refractivity contribution in [1.29, 1.82) is 0 Å². The predicted octanol–water partition coefficient (Wildman–Crippen LogP) is 1.69. The molecule has 0 aromatic carbocycles. The Labute approximate surface area is 103 Å². The Bertz CT molecular complexity index is 526. The van der Waals surface area contributed by atoms with Crippen molar-refractivity contribution in [3.05, 3.63) is 17.8 Å².